The lowest BCUT2D eigenvalue weighted by atomic mass is 9.86. The summed E-state index contributed by atoms with van der Waals surface area (Å²) in [6.07, 6.45) is 3.35. The molecule has 1 atom stereocenters. The molecule has 0 fully saturated rings. The number of hydrogen-bond donors (Lipinski definition) is 0. The Bertz CT molecular complexity index is 826. The minimum Gasteiger partial charge on any atom is -0.469 e. The van der Waals surface area contributed by atoms with Gasteiger partial charge in [0.1, 0.15) is 11.4 Å². The highest BCUT2D eigenvalue weighted by atomic mass is 19.1. The Morgan fingerprint density at radius 1 is 1.38 bits per heavy atom. The molecule has 0 aliphatic carbocycles. The average molecular weight is 331 g/mol. The topological polar surface area (TPSA) is 40.5 Å². The van der Waals surface area contributed by atoms with E-state index >= 15 is 0 Å². The Balaban J connectivity index is 2.01. The summed E-state index contributed by atoms with van der Waals surface area (Å²) in [5.41, 5.74) is 3.40. The van der Waals surface area contributed by atoms with Crippen molar-refractivity contribution in [3.05, 3.63) is 34.8 Å². The fraction of sp³-hybridized carbons (Fsp3) is 0.526. The predicted molar refractivity (Wildman–Crippen MR) is 88.5 cm³/mol. The number of methoxy groups -OCH3 is 1. The summed E-state index contributed by atoms with van der Waals surface area (Å²) in [5.74, 6) is -0.403. The van der Waals surface area contributed by atoms with Gasteiger partial charge < -0.3 is 14.0 Å². The molecule has 3 heterocycles. The van der Waals surface area contributed by atoms with Gasteiger partial charge in [-0.1, -0.05) is 6.92 Å². The fourth-order valence-corrected chi connectivity index (χ4v) is 4.47. The number of hydrogen-bond acceptors (Lipinski definition) is 3. The lowest BCUT2D eigenvalue weighted by Crippen LogP contribution is -2.39. The molecule has 4 nitrogen and oxygen atoms in total. The molecule has 2 aliphatic rings. The Morgan fingerprint density at radius 3 is 2.96 bits per heavy atom. The second-order valence-electron chi connectivity index (χ2n) is 6.70. The number of ether oxygens (including phenoxy) is 2. The number of aryl methyl sites for hydroxylation is 2. The summed E-state index contributed by atoms with van der Waals surface area (Å²) in [7, 11) is 1.40. The van der Waals surface area contributed by atoms with E-state index < -0.39 is 5.60 Å². The van der Waals surface area contributed by atoms with Gasteiger partial charge in [0, 0.05) is 17.5 Å². The molecule has 2 aliphatic heterocycles. The van der Waals surface area contributed by atoms with Crippen molar-refractivity contribution in [2.45, 2.75) is 51.2 Å². The first-order valence-corrected chi connectivity index (χ1v) is 8.65. The van der Waals surface area contributed by atoms with E-state index in [1.807, 2.05) is 13.0 Å². The van der Waals surface area contributed by atoms with Gasteiger partial charge >= 0.3 is 5.97 Å². The molecule has 1 aromatic carbocycles. The maximum atomic E-state index is 14.3. The average Bonchev–Trinajstić information content (AvgIpc) is 2.94. The van der Waals surface area contributed by atoms with Gasteiger partial charge in [-0.25, -0.2) is 4.39 Å². The molecule has 0 saturated carbocycles. The van der Waals surface area contributed by atoms with Crippen LogP contribution in [0.2, 0.25) is 0 Å². The molecule has 0 saturated heterocycles. The van der Waals surface area contributed by atoms with Crippen LogP contribution in [0.1, 0.15) is 43.0 Å². The highest BCUT2D eigenvalue weighted by Gasteiger charge is 2.43. The van der Waals surface area contributed by atoms with Crippen LogP contribution in [-0.4, -0.2) is 24.3 Å². The number of benzene rings is 1. The number of halogens is 1. The minimum atomic E-state index is -0.676. The van der Waals surface area contributed by atoms with Crippen molar-refractivity contribution < 1.29 is 18.7 Å². The monoisotopic (exact) mass is 331 g/mol. The summed E-state index contributed by atoms with van der Waals surface area (Å²) >= 11 is 0. The standard InChI is InChI=1S/C19H22FNO3/c1-3-19(11-16(22)23-2)18-13(8-10-24-19)12-6-7-15(20)14-5-4-9-21(18)17(12)14/h6-7H,3-5,8-11H2,1-2H3. The lowest BCUT2D eigenvalue weighted by Gasteiger charge is -2.38. The maximum absolute atomic E-state index is 14.3. The van der Waals surface area contributed by atoms with E-state index in [1.54, 1.807) is 6.07 Å². The van der Waals surface area contributed by atoms with Crippen molar-refractivity contribution in [2.24, 2.45) is 0 Å². The van der Waals surface area contributed by atoms with Crippen LogP contribution in [0.25, 0.3) is 10.9 Å². The number of carbonyl (C=O) groups is 1. The predicted octanol–water partition coefficient (Wildman–Crippen LogP) is 3.47. The maximum Gasteiger partial charge on any atom is 0.308 e. The van der Waals surface area contributed by atoms with Gasteiger partial charge in [-0.15, -0.1) is 0 Å². The summed E-state index contributed by atoms with van der Waals surface area (Å²) in [4.78, 5) is 12.0. The van der Waals surface area contributed by atoms with Crippen LogP contribution in [-0.2, 0) is 39.3 Å². The zero-order chi connectivity index (χ0) is 16.9. The van der Waals surface area contributed by atoms with E-state index in [0.717, 1.165) is 48.0 Å². The molecule has 0 spiro atoms. The summed E-state index contributed by atoms with van der Waals surface area (Å²) in [6.45, 7) is 3.45. The van der Waals surface area contributed by atoms with Gasteiger partial charge in [0.05, 0.1) is 31.3 Å². The van der Waals surface area contributed by atoms with Crippen molar-refractivity contribution in [2.75, 3.05) is 13.7 Å². The van der Waals surface area contributed by atoms with Crippen LogP contribution in [0.15, 0.2) is 12.1 Å². The summed E-state index contributed by atoms with van der Waals surface area (Å²) in [5, 5.41) is 1.12. The first-order chi connectivity index (χ1) is 11.6. The van der Waals surface area contributed by atoms with Crippen molar-refractivity contribution in [3.63, 3.8) is 0 Å². The first kappa shape index (κ1) is 15.6. The van der Waals surface area contributed by atoms with E-state index in [0.29, 0.717) is 13.0 Å². The Morgan fingerprint density at radius 2 is 2.21 bits per heavy atom. The zero-order valence-corrected chi connectivity index (χ0v) is 14.2. The number of esters is 1. The first-order valence-electron chi connectivity index (χ1n) is 8.65. The highest BCUT2D eigenvalue weighted by Crippen LogP contribution is 2.45. The van der Waals surface area contributed by atoms with Crippen LogP contribution in [0.3, 0.4) is 0 Å². The molecular formula is C19H22FNO3. The molecule has 24 heavy (non-hydrogen) atoms. The number of rotatable bonds is 3. The normalized spacial score (nSPS) is 22.5. The molecule has 128 valence electrons. The van der Waals surface area contributed by atoms with Crippen molar-refractivity contribution >= 4 is 16.9 Å². The largest absolute Gasteiger partial charge is 0.469 e. The third-order valence-corrected chi connectivity index (χ3v) is 5.58. The molecule has 0 amide bonds. The summed E-state index contributed by atoms with van der Waals surface area (Å²) < 4.78 is 27.6. The molecule has 0 N–H and O–H groups in total. The number of carbonyl (C=O) groups excluding carboxylic acids is 1. The molecule has 1 aromatic heterocycles. The molecule has 2 aromatic rings. The van der Waals surface area contributed by atoms with Crippen molar-refractivity contribution in [1.82, 2.24) is 4.57 Å². The smallest absolute Gasteiger partial charge is 0.308 e. The molecule has 4 rings (SSSR count). The van der Waals surface area contributed by atoms with Crippen LogP contribution in [0.4, 0.5) is 4.39 Å². The second kappa shape index (κ2) is 5.59. The highest BCUT2D eigenvalue weighted by molar-refractivity contribution is 5.90. The quantitative estimate of drug-likeness (QED) is 0.809. The van der Waals surface area contributed by atoms with Gasteiger partial charge in [0.15, 0.2) is 0 Å². The molecular weight excluding hydrogens is 309 g/mol. The lowest BCUT2D eigenvalue weighted by molar-refractivity contribution is -0.152. The van der Waals surface area contributed by atoms with E-state index in [4.69, 9.17) is 9.47 Å². The molecule has 0 bridgehead atoms. The number of fused-ring (bicyclic) bond motifs is 3. The van der Waals surface area contributed by atoms with E-state index in [1.165, 1.54) is 12.7 Å². The van der Waals surface area contributed by atoms with E-state index in [2.05, 4.69) is 4.57 Å². The third kappa shape index (κ3) is 2.04. The molecule has 1 unspecified atom stereocenters. The minimum absolute atomic E-state index is 0.130. The zero-order valence-electron chi connectivity index (χ0n) is 14.2. The van der Waals surface area contributed by atoms with Gasteiger partial charge in [0.25, 0.3) is 0 Å². The van der Waals surface area contributed by atoms with Crippen molar-refractivity contribution in [1.29, 1.82) is 0 Å². The van der Waals surface area contributed by atoms with Crippen LogP contribution < -0.4 is 0 Å². The van der Waals surface area contributed by atoms with Crippen LogP contribution in [0.5, 0.6) is 0 Å². The van der Waals surface area contributed by atoms with Gasteiger partial charge in [0.2, 0.25) is 0 Å². The van der Waals surface area contributed by atoms with Crippen molar-refractivity contribution in [3.8, 4) is 0 Å². The van der Waals surface area contributed by atoms with Gasteiger partial charge in [-0.2, -0.15) is 0 Å². The molecule has 0 radical (unpaired) electrons. The molecule has 5 heteroatoms. The van der Waals surface area contributed by atoms with E-state index in [9.17, 15) is 9.18 Å². The van der Waals surface area contributed by atoms with E-state index in [-0.39, 0.29) is 18.2 Å². The Kier molecular flexibility index (Phi) is 3.64. The van der Waals surface area contributed by atoms with Gasteiger partial charge in [-0.05, 0) is 43.4 Å². The van der Waals surface area contributed by atoms with Crippen LogP contribution >= 0.6 is 0 Å². The third-order valence-electron chi connectivity index (χ3n) is 5.58. The van der Waals surface area contributed by atoms with Crippen LogP contribution in [0, 0.1) is 5.82 Å². The second-order valence-corrected chi connectivity index (χ2v) is 6.70. The Labute approximate surface area is 140 Å². The Hall–Kier alpha value is -1.88. The van der Waals surface area contributed by atoms with Gasteiger partial charge in [-0.3, -0.25) is 4.79 Å². The summed E-state index contributed by atoms with van der Waals surface area (Å²) in [6, 6.07) is 3.47. The number of aromatic nitrogens is 1. The number of nitrogens with zero attached hydrogens (tertiary/aromatic N) is 1. The fourth-order valence-electron chi connectivity index (χ4n) is 4.47. The SMILES string of the molecule is CCC1(CC(=O)OC)OCCc2c1n1c3c(c(F)ccc23)CCC1.